The molecule has 1 aromatic heterocycles. The first-order valence-corrected chi connectivity index (χ1v) is 12.8. The van der Waals surface area contributed by atoms with Gasteiger partial charge in [-0.3, -0.25) is 19.2 Å². The second-order valence-electron chi connectivity index (χ2n) is 8.64. The number of likely N-dealkylation sites (tertiary alicyclic amines) is 1. The van der Waals surface area contributed by atoms with Gasteiger partial charge in [0.1, 0.15) is 0 Å². The number of nitrogens with one attached hydrogen (secondary N) is 3. The number of amides is 4. The van der Waals surface area contributed by atoms with Crippen molar-refractivity contribution in [1.82, 2.24) is 20.5 Å². The lowest BCUT2D eigenvalue weighted by Gasteiger charge is -2.19. The summed E-state index contributed by atoms with van der Waals surface area (Å²) in [5, 5.41) is 8.54. The van der Waals surface area contributed by atoms with Crippen LogP contribution in [0.2, 0.25) is 0 Å². The summed E-state index contributed by atoms with van der Waals surface area (Å²) in [4.78, 5) is 54.5. The van der Waals surface area contributed by atoms with E-state index in [0.29, 0.717) is 25.3 Å². The number of anilines is 1. The Morgan fingerprint density at radius 2 is 2.15 bits per heavy atom. The van der Waals surface area contributed by atoms with Crippen LogP contribution in [0.5, 0.6) is 0 Å². The second-order valence-corrected chi connectivity index (χ2v) is 10.9. The maximum absolute atomic E-state index is 12.4. The molecule has 2 aliphatic rings. The first kappa shape index (κ1) is 23.5. The van der Waals surface area contributed by atoms with Crippen LogP contribution in [0, 0.1) is 11.8 Å². The SMILES string of the molecule is CC(C)C(=O)N1CCC(NC(=O)CSc2nc3ccc(NC(=O)[C@@H]4CNC(=O)C4)cc3s2)C1. The molecule has 3 heterocycles. The fourth-order valence-corrected chi connectivity index (χ4v) is 5.84. The van der Waals surface area contributed by atoms with Crippen molar-refractivity contribution in [3.05, 3.63) is 18.2 Å². The van der Waals surface area contributed by atoms with Crippen LogP contribution in [-0.2, 0) is 19.2 Å². The van der Waals surface area contributed by atoms with Crippen LogP contribution >= 0.6 is 23.1 Å². The van der Waals surface area contributed by atoms with Crippen LogP contribution in [-0.4, -0.2) is 64.9 Å². The summed E-state index contributed by atoms with van der Waals surface area (Å²) in [5.41, 5.74) is 1.46. The van der Waals surface area contributed by atoms with Gasteiger partial charge in [0.15, 0.2) is 4.34 Å². The van der Waals surface area contributed by atoms with Crippen LogP contribution in [0.4, 0.5) is 5.69 Å². The minimum atomic E-state index is -0.352. The number of rotatable bonds is 7. The van der Waals surface area contributed by atoms with Crippen molar-refractivity contribution >= 4 is 62.6 Å². The Morgan fingerprint density at radius 3 is 2.88 bits per heavy atom. The van der Waals surface area contributed by atoms with Gasteiger partial charge in [0.2, 0.25) is 23.6 Å². The molecule has 2 aliphatic heterocycles. The van der Waals surface area contributed by atoms with Gasteiger partial charge in [-0.15, -0.1) is 11.3 Å². The van der Waals surface area contributed by atoms with Crippen molar-refractivity contribution < 1.29 is 19.2 Å². The van der Waals surface area contributed by atoms with Gasteiger partial charge in [0.25, 0.3) is 0 Å². The monoisotopic (exact) mass is 489 g/mol. The zero-order chi connectivity index (χ0) is 23.5. The summed E-state index contributed by atoms with van der Waals surface area (Å²) < 4.78 is 1.69. The molecule has 2 saturated heterocycles. The van der Waals surface area contributed by atoms with Crippen molar-refractivity contribution in [2.75, 3.05) is 30.7 Å². The summed E-state index contributed by atoms with van der Waals surface area (Å²) in [6, 6.07) is 5.48. The maximum Gasteiger partial charge on any atom is 0.230 e. The number of hydrogen-bond donors (Lipinski definition) is 3. The van der Waals surface area contributed by atoms with Crippen molar-refractivity contribution in [1.29, 1.82) is 0 Å². The summed E-state index contributed by atoms with van der Waals surface area (Å²) in [6.45, 7) is 5.38. The molecule has 4 amide bonds. The van der Waals surface area contributed by atoms with E-state index in [4.69, 9.17) is 0 Å². The van der Waals surface area contributed by atoms with Crippen LogP contribution in [0.1, 0.15) is 26.7 Å². The molecule has 2 aromatic rings. The van der Waals surface area contributed by atoms with Gasteiger partial charge >= 0.3 is 0 Å². The highest BCUT2D eigenvalue weighted by atomic mass is 32.2. The van der Waals surface area contributed by atoms with Crippen molar-refractivity contribution in [2.45, 2.75) is 37.1 Å². The Balaban J connectivity index is 1.27. The predicted molar refractivity (Wildman–Crippen MR) is 128 cm³/mol. The number of thioether (sulfide) groups is 1. The highest BCUT2D eigenvalue weighted by Gasteiger charge is 2.29. The Labute approximate surface area is 200 Å². The number of benzene rings is 1. The van der Waals surface area contributed by atoms with Gasteiger partial charge < -0.3 is 20.9 Å². The number of aromatic nitrogens is 1. The number of carbonyl (C=O) groups is 4. The third-order valence-electron chi connectivity index (χ3n) is 5.67. The fourth-order valence-electron chi connectivity index (χ4n) is 3.92. The van der Waals surface area contributed by atoms with Crippen LogP contribution in [0.3, 0.4) is 0 Å². The van der Waals surface area contributed by atoms with E-state index in [2.05, 4.69) is 20.9 Å². The Bertz CT molecular complexity index is 1090. The van der Waals surface area contributed by atoms with E-state index in [1.807, 2.05) is 30.9 Å². The molecule has 176 valence electrons. The van der Waals surface area contributed by atoms with Crippen LogP contribution in [0.25, 0.3) is 10.2 Å². The summed E-state index contributed by atoms with van der Waals surface area (Å²) in [7, 11) is 0. The first-order chi connectivity index (χ1) is 15.8. The maximum atomic E-state index is 12.4. The molecule has 3 N–H and O–H groups in total. The van der Waals surface area contributed by atoms with Crippen molar-refractivity contribution in [3.63, 3.8) is 0 Å². The molecule has 0 bridgehead atoms. The van der Waals surface area contributed by atoms with Gasteiger partial charge in [-0.25, -0.2) is 4.98 Å². The zero-order valence-corrected chi connectivity index (χ0v) is 20.2. The van der Waals surface area contributed by atoms with Crippen molar-refractivity contribution in [3.8, 4) is 0 Å². The quantitative estimate of drug-likeness (QED) is 0.511. The number of hydrogen-bond acceptors (Lipinski definition) is 7. The summed E-state index contributed by atoms with van der Waals surface area (Å²) >= 11 is 2.84. The molecule has 0 saturated carbocycles. The number of carbonyl (C=O) groups excluding carboxylic acids is 4. The number of fused-ring (bicyclic) bond motifs is 1. The fraction of sp³-hybridized carbons (Fsp3) is 0.500. The zero-order valence-electron chi connectivity index (χ0n) is 18.6. The molecule has 2 atom stereocenters. The smallest absolute Gasteiger partial charge is 0.230 e. The molecule has 11 heteroatoms. The van der Waals surface area contributed by atoms with Gasteiger partial charge in [0.05, 0.1) is 21.9 Å². The molecule has 1 unspecified atom stereocenters. The lowest BCUT2D eigenvalue weighted by Crippen LogP contribution is -2.40. The lowest BCUT2D eigenvalue weighted by atomic mass is 10.1. The predicted octanol–water partition coefficient (Wildman–Crippen LogP) is 1.84. The van der Waals surface area contributed by atoms with Gasteiger partial charge in [0, 0.05) is 43.7 Å². The molecule has 33 heavy (non-hydrogen) atoms. The van der Waals surface area contributed by atoms with E-state index in [-0.39, 0.29) is 53.7 Å². The minimum absolute atomic E-state index is 0.00676. The Hall–Kier alpha value is -2.66. The molecular formula is C22H27N5O4S2. The van der Waals surface area contributed by atoms with Gasteiger partial charge in [-0.05, 0) is 24.6 Å². The topological polar surface area (TPSA) is 120 Å². The third-order valence-corrected chi connectivity index (χ3v) is 7.83. The molecule has 1 aromatic carbocycles. The normalized spacial score (nSPS) is 20.3. The molecule has 2 fully saturated rings. The van der Waals surface area contributed by atoms with Crippen LogP contribution < -0.4 is 16.0 Å². The van der Waals surface area contributed by atoms with E-state index in [0.717, 1.165) is 21.0 Å². The van der Waals surface area contributed by atoms with E-state index in [9.17, 15) is 19.2 Å². The molecule has 0 aliphatic carbocycles. The summed E-state index contributed by atoms with van der Waals surface area (Å²) in [6.07, 6.45) is 0.986. The van der Waals surface area contributed by atoms with Gasteiger partial charge in [-0.2, -0.15) is 0 Å². The first-order valence-electron chi connectivity index (χ1n) is 11.0. The van der Waals surface area contributed by atoms with Crippen molar-refractivity contribution in [2.24, 2.45) is 11.8 Å². The average Bonchev–Trinajstić information content (AvgIpc) is 3.51. The number of thiazole rings is 1. The highest BCUT2D eigenvalue weighted by Crippen LogP contribution is 2.31. The standard InChI is InChI=1S/C22H27N5O4S2/c1-12(2)21(31)27-6-5-15(10-27)24-19(29)11-32-22-26-16-4-3-14(8-17(16)33-22)25-20(30)13-7-18(28)23-9-13/h3-4,8,12-13,15H,5-7,9-11H2,1-2H3,(H,23,28)(H,24,29)(H,25,30)/t13-,15?/m0/s1. The van der Waals surface area contributed by atoms with E-state index < -0.39 is 0 Å². The largest absolute Gasteiger partial charge is 0.355 e. The van der Waals surface area contributed by atoms with Crippen LogP contribution in [0.15, 0.2) is 22.5 Å². The average molecular weight is 490 g/mol. The third kappa shape index (κ3) is 5.83. The molecule has 4 rings (SSSR count). The molecule has 9 nitrogen and oxygen atoms in total. The molecule has 0 radical (unpaired) electrons. The van der Waals surface area contributed by atoms with E-state index >= 15 is 0 Å². The highest BCUT2D eigenvalue weighted by molar-refractivity contribution is 8.01. The Kier molecular flexibility index (Phi) is 7.18. The van der Waals surface area contributed by atoms with E-state index in [1.165, 1.54) is 23.1 Å². The molecular weight excluding hydrogens is 462 g/mol. The minimum Gasteiger partial charge on any atom is -0.355 e. The Morgan fingerprint density at radius 1 is 1.33 bits per heavy atom. The van der Waals surface area contributed by atoms with E-state index in [1.54, 1.807) is 6.07 Å². The summed E-state index contributed by atoms with van der Waals surface area (Å²) in [5.74, 6) is -0.366. The number of nitrogens with zero attached hydrogens (tertiary/aromatic N) is 2. The lowest BCUT2D eigenvalue weighted by molar-refractivity contribution is -0.133. The van der Waals surface area contributed by atoms with Gasteiger partial charge in [-0.1, -0.05) is 25.6 Å². The molecule has 0 spiro atoms. The second kappa shape index (κ2) is 10.1.